The van der Waals surface area contributed by atoms with E-state index in [1.54, 1.807) is 0 Å². The fourth-order valence-corrected chi connectivity index (χ4v) is 1.35. The summed E-state index contributed by atoms with van der Waals surface area (Å²) >= 11 is 0. The van der Waals surface area contributed by atoms with Crippen molar-refractivity contribution in [1.82, 2.24) is 14.6 Å². The summed E-state index contributed by atoms with van der Waals surface area (Å²) in [6.07, 6.45) is -0.387. The quantitative estimate of drug-likeness (QED) is 0.809. The highest BCUT2D eigenvalue weighted by molar-refractivity contribution is 5.39. The van der Waals surface area contributed by atoms with Gasteiger partial charge >= 0.3 is 6.18 Å². The van der Waals surface area contributed by atoms with Gasteiger partial charge in [0, 0.05) is 6.07 Å². The summed E-state index contributed by atoms with van der Waals surface area (Å²) in [7, 11) is 0. The zero-order valence-electron chi connectivity index (χ0n) is 8.53. The third-order valence-corrected chi connectivity index (χ3v) is 2.31. The number of halogens is 3. The number of nitrogens with zero attached hydrogens (tertiary/aromatic N) is 3. The van der Waals surface area contributed by atoms with E-state index in [0.29, 0.717) is 5.88 Å². The highest BCUT2D eigenvalue weighted by atomic mass is 19.4. The van der Waals surface area contributed by atoms with Crippen LogP contribution in [0.5, 0.6) is 5.88 Å². The summed E-state index contributed by atoms with van der Waals surface area (Å²) < 4.78 is 43.5. The fraction of sp³-hybridized carbons (Fsp3) is 0.400. The summed E-state index contributed by atoms with van der Waals surface area (Å²) in [5.74, 6) is 0.294. The van der Waals surface area contributed by atoms with Crippen LogP contribution < -0.4 is 4.74 Å². The highest BCUT2D eigenvalue weighted by Crippen LogP contribution is 2.29. The molecule has 1 aliphatic rings. The van der Waals surface area contributed by atoms with E-state index in [-0.39, 0.29) is 11.8 Å². The average Bonchev–Trinajstić information content (AvgIpc) is 2.94. The van der Waals surface area contributed by atoms with Crippen molar-refractivity contribution in [3.63, 3.8) is 0 Å². The van der Waals surface area contributed by atoms with Crippen molar-refractivity contribution in [3.05, 3.63) is 24.0 Å². The third-order valence-electron chi connectivity index (χ3n) is 2.31. The molecule has 0 bridgehead atoms. The van der Waals surface area contributed by atoms with Crippen LogP contribution in [0.2, 0.25) is 0 Å². The van der Waals surface area contributed by atoms with Crippen LogP contribution in [0.3, 0.4) is 0 Å². The van der Waals surface area contributed by atoms with Gasteiger partial charge in [-0.05, 0) is 18.9 Å². The van der Waals surface area contributed by atoms with Crippen molar-refractivity contribution in [3.8, 4) is 5.88 Å². The molecule has 0 amide bonds. The molecular formula is C10H7F3N3O. The normalized spacial score (nSPS) is 16.4. The van der Waals surface area contributed by atoms with Crippen LogP contribution in [-0.4, -0.2) is 20.7 Å². The average molecular weight is 242 g/mol. The standard InChI is InChI=1S/C10H7F3N3O/c11-10(12,13)7-5-16-8(14-7)3-4-9(15-16)17-6-1-2-6/h3-4,6H,1-2H2. The van der Waals surface area contributed by atoms with Gasteiger partial charge in [0.2, 0.25) is 5.88 Å². The van der Waals surface area contributed by atoms with Crippen molar-refractivity contribution < 1.29 is 17.9 Å². The van der Waals surface area contributed by atoms with E-state index in [1.807, 2.05) is 0 Å². The lowest BCUT2D eigenvalue weighted by Crippen LogP contribution is -2.05. The van der Waals surface area contributed by atoms with Gasteiger partial charge in [-0.15, -0.1) is 5.10 Å². The lowest BCUT2D eigenvalue weighted by molar-refractivity contribution is -0.141. The molecule has 7 heteroatoms. The molecule has 89 valence electrons. The van der Waals surface area contributed by atoms with E-state index in [1.165, 1.54) is 12.1 Å². The molecule has 0 atom stereocenters. The number of ether oxygens (including phenoxy) is 1. The minimum Gasteiger partial charge on any atom is -0.473 e. The summed E-state index contributed by atoms with van der Waals surface area (Å²) in [5, 5.41) is 3.87. The monoisotopic (exact) mass is 242 g/mol. The van der Waals surface area contributed by atoms with Crippen molar-refractivity contribution >= 4 is 5.65 Å². The molecule has 3 rings (SSSR count). The van der Waals surface area contributed by atoms with E-state index in [0.717, 1.165) is 17.4 Å². The second-order valence-corrected chi connectivity index (χ2v) is 3.83. The number of hydrogen-bond acceptors (Lipinski definition) is 3. The van der Waals surface area contributed by atoms with Gasteiger partial charge < -0.3 is 4.74 Å². The minimum atomic E-state index is -4.51. The van der Waals surface area contributed by atoms with Gasteiger partial charge in [0.05, 0.1) is 0 Å². The van der Waals surface area contributed by atoms with E-state index in [2.05, 4.69) is 16.3 Å². The Kier molecular flexibility index (Phi) is 2.04. The van der Waals surface area contributed by atoms with Crippen LogP contribution in [0.4, 0.5) is 13.2 Å². The van der Waals surface area contributed by atoms with Gasteiger partial charge in [-0.2, -0.15) is 13.2 Å². The molecule has 2 aromatic rings. The number of aromatic nitrogens is 3. The van der Waals surface area contributed by atoms with Gasteiger partial charge in [0.25, 0.3) is 0 Å². The first-order valence-corrected chi connectivity index (χ1v) is 5.05. The van der Waals surface area contributed by atoms with Gasteiger partial charge in [-0.3, -0.25) is 0 Å². The number of alkyl halides is 3. The van der Waals surface area contributed by atoms with E-state index in [4.69, 9.17) is 4.74 Å². The molecule has 4 nitrogen and oxygen atoms in total. The first kappa shape index (κ1) is 10.4. The van der Waals surface area contributed by atoms with Crippen molar-refractivity contribution in [2.75, 3.05) is 0 Å². The molecule has 0 unspecified atom stereocenters. The Labute approximate surface area is 94.0 Å². The Hall–Kier alpha value is -1.79. The molecule has 0 spiro atoms. The maximum atomic E-state index is 12.4. The highest BCUT2D eigenvalue weighted by Gasteiger charge is 2.34. The first-order valence-electron chi connectivity index (χ1n) is 5.05. The molecule has 0 aliphatic heterocycles. The molecule has 17 heavy (non-hydrogen) atoms. The summed E-state index contributed by atoms with van der Waals surface area (Å²) in [5.41, 5.74) is -0.978. The van der Waals surface area contributed by atoms with Crippen LogP contribution in [0.1, 0.15) is 18.5 Å². The SMILES string of the molecule is FC(F)(F)c1[c]n2nc(OC3CC3)ccc2n1. The van der Waals surface area contributed by atoms with Gasteiger partial charge in [-0.1, -0.05) is 0 Å². The number of hydrogen-bond donors (Lipinski definition) is 0. The molecule has 1 radical (unpaired) electrons. The Morgan fingerprint density at radius 2 is 2.12 bits per heavy atom. The van der Waals surface area contributed by atoms with Crippen molar-refractivity contribution in [2.24, 2.45) is 0 Å². The zero-order valence-corrected chi connectivity index (χ0v) is 8.53. The van der Waals surface area contributed by atoms with Gasteiger partial charge in [-0.25, -0.2) is 9.50 Å². The second kappa shape index (κ2) is 3.35. The molecule has 1 aliphatic carbocycles. The topological polar surface area (TPSA) is 39.4 Å². The van der Waals surface area contributed by atoms with Gasteiger partial charge in [0.1, 0.15) is 12.3 Å². The lowest BCUT2D eigenvalue weighted by atomic mass is 10.5. The predicted octanol–water partition coefficient (Wildman–Crippen LogP) is 2.09. The van der Waals surface area contributed by atoms with E-state index < -0.39 is 11.9 Å². The zero-order chi connectivity index (χ0) is 12.0. The maximum Gasteiger partial charge on any atom is 0.435 e. The second-order valence-electron chi connectivity index (χ2n) is 3.83. The van der Waals surface area contributed by atoms with Crippen molar-refractivity contribution in [2.45, 2.75) is 25.1 Å². The molecule has 2 aromatic heterocycles. The van der Waals surface area contributed by atoms with Crippen LogP contribution in [-0.2, 0) is 6.18 Å². The molecule has 0 N–H and O–H groups in total. The molecule has 1 fully saturated rings. The molecule has 0 aromatic carbocycles. The maximum absolute atomic E-state index is 12.4. The Morgan fingerprint density at radius 3 is 2.76 bits per heavy atom. The summed E-state index contributed by atoms with van der Waals surface area (Å²) in [6, 6.07) is 2.94. The van der Waals surface area contributed by atoms with Crippen LogP contribution in [0.15, 0.2) is 12.1 Å². The largest absolute Gasteiger partial charge is 0.473 e. The summed E-state index contributed by atoms with van der Waals surface area (Å²) in [4.78, 5) is 3.38. The molecule has 2 heterocycles. The predicted molar refractivity (Wildman–Crippen MR) is 50.5 cm³/mol. The first-order chi connectivity index (χ1) is 8.02. The smallest absolute Gasteiger partial charge is 0.435 e. The van der Waals surface area contributed by atoms with Crippen LogP contribution >= 0.6 is 0 Å². The van der Waals surface area contributed by atoms with E-state index >= 15 is 0 Å². The number of fused-ring (bicyclic) bond motifs is 1. The molecular weight excluding hydrogens is 235 g/mol. The minimum absolute atomic E-state index is 0.0977. The summed E-state index contributed by atoms with van der Waals surface area (Å²) in [6.45, 7) is 0. The number of imidazole rings is 1. The van der Waals surface area contributed by atoms with Gasteiger partial charge in [0.15, 0.2) is 11.3 Å². The fourth-order valence-electron chi connectivity index (χ4n) is 1.35. The molecule has 0 saturated heterocycles. The Morgan fingerprint density at radius 1 is 1.35 bits per heavy atom. The van der Waals surface area contributed by atoms with E-state index in [9.17, 15) is 13.2 Å². The third kappa shape index (κ3) is 2.04. The lowest BCUT2D eigenvalue weighted by Gasteiger charge is -2.01. The Balaban J connectivity index is 1.97. The number of rotatable bonds is 2. The molecule has 1 saturated carbocycles. The van der Waals surface area contributed by atoms with Crippen LogP contribution in [0.25, 0.3) is 5.65 Å². The van der Waals surface area contributed by atoms with Crippen LogP contribution in [0, 0.1) is 6.20 Å². The Bertz CT molecular complexity index is 559. The van der Waals surface area contributed by atoms with Crippen molar-refractivity contribution in [1.29, 1.82) is 0 Å².